The summed E-state index contributed by atoms with van der Waals surface area (Å²) in [5.41, 5.74) is 1.44. The van der Waals surface area contributed by atoms with E-state index in [9.17, 15) is 9.59 Å². The summed E-state index contributed by atoms with van der Waals surface area (Å²) in [7, 11) is 0. The number of nitriles is 1. The number of carboxylic acids is 1. The molecule has 1 aliphatic heterocycles. The summed E-state index contributed by atoms with van der Waals surface area (Å²) in [6.45, 7) is 2.72. The van der Waals surface area contributed by atoms with Gasteiger partial charge in [-0.25, -0.2) is 4.79 Å². The lowest BCUT2D eigenvalue weighted by atomic mass is 9.91. The Bertz CT molecular complexity index is 609. The van der Waals surface area contributed by atoms with Crippen LogP contribution >= 0.6 is 0 Å². The first kappa shape index (κ1) is 15.8. The number of amides is 2. The number of nitrogens with one attached hydrogen (secondary N) is 1. The first-order valence-electron chi connectivity index (χ1n) is 7.24. The SMILES string of the molecule is CC1CC(C(=O)O)CN(C(=O)Nc2cccc(CC#N)c2)C1. The summed E-state index contributed by atoms with van der Waals surface area (Å²) in [5.74, 6) is -1.22. The van der Waals surface area contributed by atoms with Crippen LogP contribution in [0.5, 0.6) is 0 Å². The summed E-state index contributed by atoms with van der Waals surface area (Å²) in [4.78, 5) is 25.0. The van der Waals surface area contributed by atoms with E-state index in [1.165, 1.54) is 0 Å². The second-order valence-electron chi connectivity index (χ2n) is 5.75. The number of carbonyl (C=O) groups is 2. The molecule has 2 rings (SSSR count). The van der Waals surface area contributed by atoms with Crippen LogP contribution in [0.25, 0.3) is 0 Å². The maximum absolute atomic E-state index is 12.3. The van der Waals surface area contributed by atoms with Crippen LogP contribution in [0.15, 0.2) is 24.3 Å². The highest BCUT2D eigenvalue weighted by atomic mass is 16.4. The molecule has 1 aromatic rings. The van der Waals surface area contributed by atoms with Crippen molar-refractivity contribution in [1.82, 2.24) is 4.90 Å². The van der Waals surface area contributed by atoms with Crippen molar-refractivity contribution in [1.29, 1.82) is 5.26 Å². The second-order valence-corrected chi connectivity index (χ2v) is 5.75. The van der Waals surface area contributed by atoms with E-state index in [2.05, 4.69) is 11.4 Å². The number of benzene rings is 1. The molecule has 2 amide bonds. The predicted molar refractivity (Wildman–Crippen MR) is 81.3 cm³/mol. The number of aliphatic carboxylic acids is 1. The summed E-state index contributed by atoms with van der Waals surface area (Å²) in [6, 6.07) is 8.87. The van der Waals surface area contributed by atoms with Crippen molar-refractivity contribution in [2.75, 3.05) is 18.4 Å². The molecular formula is C16H19N3O3. The fourth-order valence-corrected chi connectivity index (χ4v) is 2.75. The molecule has 1 saturated heterocycles. The van der Waals surface area contributed by atoms with Crippen LogP contribution in [0.3, 0.4) is 0 Å². The molecule has 0 bridgehead atoms. The Labute approximate surface area is 129 Å². The molecule has 0 saturated carbocycles. The van der Waals surface area contributed by atoms with Crippen molar-refractivity contribution < 1.29 is 14.7 Å². The third-order valence-corrected chi connectivity index (χ3v) is 3.76. The fourth-order valence-electron chi connectivity index (χ4n) is 2.75. The van der Waals surface area contributed by atoms with Crippen LogP contribution in [0.4, 0.5) is 10.5 Å². The van der Waals surface area contributed by atoms with Crippen molar-refractivity contribution in [3.8, 4) is 6.07 Å². The summed E-state index contributed by atoms with van der Waals surface area (Å²) in [6.07, 6.45) is 0.877. The zero-order valence-electron chi connectivity index (χ0n) is 12.5. The molecule has 1 aliphatic rings. The van der Waals surface area contributed by atoms with Gasteiger partial charge in [-0.15, -0.1) is 0 Å². The first-order valence-corrected chi connectivity index (χ1v) is 7.24. The number of hydrogen-bond donors (Lipinski definition) is 2. The van der Waals surface area contributed by atoms with Gasteiger partial charge in [0.05, 0.1) is 18.4 Å². The minimum Gasteiger partial charge on any atom is -0.481 e. The highest BCUT2D eigenvalue weighted by Crippen LogP contribution is 2.22. The van der Waals surface area contributed by atoms with Gasteiger partial charge in [0.25, 0.3) is 0 Å². The quantitative estimate of drug-likeness (QED) is 0.896. The Balaban J connectivity index is 2.03. The second kappa shape index (κ2) is 6.94. The molecule has 0 radical (unpaired) electrons. The molecule has 1 aromatic carbocycles. The zero-order valence-corrected chi connectivity index (χ0v) is 12.5. The van der Waals surface area contributed by atoms with Crippen molar-refractivity contribution in [3.63, 3.8) is 0 Å². The number of rotatable bonds is 3. The summed E-state index contributed by atoms with van der Waals surface area (Å²) in [5, 5.41) is 20.6. The lowest BCUT2D eigenvalue weighted by molar-refractivity contribution is -0.143. The van der Waals surface area contributed by atoms with E-state index in [0.717, 1.165) is 5.56 Å². The van der Waals surface area contributed by atoms with Gasteiger partial charge in [-0.3, -0.25) is 4.79 Å². The standard InChI is InChI=1S/C16H19N3O3/c1-11-7-13(15(20)21)10-19(9-11)16(22)18-14-4-2-3-12(8-14)5-6-17/h2-4,8,11,13H,5,7,9-10H2,1H3,(H,18,22)(H,20,21). The number of hydrogen-bond acceptors (Lipinski definition) is 3. The topological polar surface area (TPSA) is 93.4 Å². The molecule has 0 aliphatic carbocycles. The largest absolute Gasteiger partial charge is 0.481 e. The van der Waals surface area contributed by atoms with Gasteiger partial charge in [0.1, 0.15) is 0 Å². The van der Waals surface area contributed by atoms with Crippen molar-refractivity contribution in [2.24, 2.45) is 11.8 Å². The van der Waals surface area contributed by atoms with Crippen LogP contribution in [0, 0.1) is 23.2 Å². The fraction of sp³-hybridized carbons (Fsp3) is 0.438. The van der Waals surface area contributed by atoms with Crippen molar-refractivity contribution in [3.05, 3.63) is 29.8 Å². The molecule has 6 nitrogen and oxygen atoms in total. The highest BCUT2D eigenvalue weighted by Gasteiger charge is 2.31. The number of urea groups is 1. The minimum atomic E-state index is -0.861. The Morgan fingerprint density at radius 1 is 1.45 bits per heavy atom. The molecule has 2 atom stereocenters. The molecule has 6 heteroatoms. The molecular weight excluding hydrogens is 282 g/mol. The predicted octanol–water partition coefficient (Wildman–Crippen LogP) is 2.33. The van der Waals surface area contributed by atoms with E-state index in [4.69, 9.17) is 10.4 Å². The molecule has 2 N–H and O–H groups in total. The molecule has 0 spiro atoms. The van der Waals surface area contributed by atoms with E-state index in [-0.39, 0.29) is 24.9 Å². The van der Waals surface area contributed by atoms with Gasteiger partial charge in [-0.1, -0.05) is 19.1 Å². The average molecular weight is 301 g/mol. The van der Waals surface area contributed by atoms with E-state index in [1.54, 1.807) is 23.1 Å². The third kappa shape index (κ3) is 3.98. The van der Waals surface area contributed by atoms with E-state index >= 15 is 0 Å². The number of anilines is 1. The Hall–Kier alpha value is -2.55. The van der Waals surface area contributed by atoms with Gasteiger partial charge in [0, 0.05) is 18.8 Å². The Kier molecular flexibility index (Phi) is 4.99. The Morgan fingerprint density at radius 3 is 2.91 bits per heavy atom. The van der Waals surface area contributed by atoms with Gasteiger partial charge in [-0.05, 0) is 30.0 Å². The van der Waals surface area contributed by atoms with Gasteiger partial charge in [0.2, 0.25) is 0 Å². The number of carbonyl (C=O) groups excluding carboxylic acids is 1. The van der Waals surface area contributed by atoms with Crippen molar-refractivity contribution in [2.45, 2.75) is 19.8 Å². The van der Waals surface area contributed by atoms with Gasteiger partial charge < -0.3 is 15.3 Å². The number of carboxylic acid groups (broad SMARTS) is 1. The van der Waals surface area contributed by atoms with Crippen molar-refractivity contribution >= 4 is 17.7 Å². The summed E-state index contributed by atoms with van der Waals surface area (Å²) >= 11 is 0. The van der Waals surface area contributed by atoms with Crippen LogP contribution in [0.2, 0.25) is 0 Å². The van der Waals surface area contributed by atoms with Gasteiger partial charge in [0.15, 0.2) is 0 Å². The van der Waals surface area contributed by atoms with Gasteiger partial charge >= 0.3 is 12.0 Å². The van der Waals surface area contributed by atoms with Crippen LogP contribution in [-0.2, 0) is 11.2 Å². The number of likely N-dealkylation sites (tertiary alicyclic amines) is 1. The smallest absolute Gasteiger partial charge is 0.321 e. The Morgan fingerprint density at radius 2 is 2.23 bits per heavy atom. The molecule has 1 fully saturated rings. The molecule has 0 aromatic heterocycles. The molecule has 2 unspecified atom stereocenters. The van der Waals surface area contributed by atoms with E-state index < -0.39 is 11.9 Å². The maximum Gasteiger partial charge on any atom is 0.321 e. The summed E-state index contributed by atoms with van der Waals surface area (Å²) < 4.78 is 0. The van der Waals surface area contributed by atoms with Gasteiger partial charge in [-0.2, -0.15) is 5.26 Å². The van der Waals surface area contributed by atoms with Crippen LogP contribution < -0.4 is 5.32 Å². The molecule has 116 valence electrons. The van der Waals surface area contributed by atoms with E-state index in [0.29, 0.717) is 18.7 Å². The number of piperidine rings is 1. The lowest BCUT2D eigenvalue weighted by Crippen LogP contribution is -2.47. The van der Waals surface area contributed by atoms with E-state index in [1.807, 2.05) is 13.0 Å². The highest BCUT2D eigenvalue weighted by molar-refractivity contribution is 5.89. The first-order chi connectivity index (χ1) is 10.5. The maximum atomic E-state index is 12.3. The third-order valence-electron chi connectivity index (χ3n) is 3.76. The van der Waals surface area contributed by atoms with Crippen LogP contribution in [-0.4, -0.2) is 35.1 Å². The normalized spacial score (nSPS) is 21.0. The average Bonchev–Trinajstić information content (AvgIpc) is 2.47. The lowest BCUT2D eigenvalue weighted by Gasteiger charge is -2.34. The monoisotopic (exact) mass is 301 g/mol. The van der Waals surface area contributed by atoms with Crippen LogP contribution in [0.1, 0.15) is 18.9 Å². The number of nitrogens with zero attached hydrogens (tertiary/aromatic N) is 2. The minimum absolute atomic E-state index is 0.158. The molecule has 22 heavy (non-hydrogen) atoms. The molecule has 1 heterocycles. The zero-order chi connectivity index (χ0) is 16.1.